The summed E-state index contributed by atoms with van der Waals surface area (Å²) in [5.41, 5.74) is 13.0. The molecule has 0 saturated heterocycles. The van der Waals surface area contributed by atoms with Crippen LogP contribution in [0.4, 0.5) is 0 Å². The summed E-state index contributed by atoms with van der Waals surface area (Å²) in [6, 6.07) is 48.4. The summed E-state index contributed by atoms with van der Waals surface area (Å²) in [7, 11) is -1.76. The minimum Gasteiger partial charge on any atom is -0.507 e. The molecule has 0 amide bonds. The van der Waals surface area contributed by atoms with E-state index in [1.165, 1.54) is 5.19 Å². The molecule has 8 nitrogen and oxygen atoms in total. The third-order valence-electron chi connectivity index (χ3n) is 13.0. The zero-order valence-corrected chi connectivity index (χ0v) is 44.8. The molecular formula is C59H59N6O2PtSi-. The van der Waals surface area contributed by atoms with Crippen LogP contribution in [0.3, 0.4) is 0 Å². The number of hydrogen-bond acceptors (Lipinski definition) is 6. The SMILES string of the molecule is CC(C)(C)c1cc(-c2nc3c(-c4[c-]c(-c5cc(-c6ccccc6)ccn5)cc5c4oc4nc(C(C)(C)C)nn45)cccc3n2-c2ccc([Si](C)(C)C)cc2-c2ccccc2)c(O)c(C(C)(C)C)c1.[Pt]. The second kappa shape index (κ2) is 17.2. The number of rotatable bonds is 7. The number of hydrogen-bond donors (Lipinski definition) is 1. The van der Waals surface area contributed by atoms with Crippen molar-refractivity contribution in [3.8, 4) is 67.5 Å². The number of phenolic OH excluding ortho intramolecular Hbond substituents is 1. The Morgan fingerprint density at radius 3 is 1.97 bits per heavy atom. The molecule has 69 heavy (non-hydrogen) atoms. The average molecular weight is 1110 g/mol. The summed E-state index contributed by atoms with van der Waals surface area (Å²) >= 11 is 0. The van der Waals surface area contributed by atoms with Crippen molar-refractivity contribution in [1.29, 1.82) is 0 Å². The number of benzene rings is 6. The maximum atomic E-state index is 12.6. The van der Waals surface area contributed by atoms with Gasteiger partial charge in [-0.3, -0.25) is 9.55 Å². The zero-order valence-electron chi connectivity index (χ0n) is 41.6. The van der Waals surface area contributed by atoms with Crippen LogP contribution >= 0.6 is 0 Å². The Labute approximate surface area is 420 Å². The van der Waals surface area contributed by atoms with E-state index >= 15 is 0 Å². The molecule has 0 aliphatic heterocycles. The van der Waals surface area contributed by atoms with E-state index in [2.05, 4.69) is 190 Å². The Balaban J connectivity index is 0.00000593. The molecular weight excluding hydrogens is 1050 g/mol. The molecule has 352 valence electrons. The molecule has 0 aliphatic carbocycles. The molecule has 10 rings (SSSR count). The maximum Gasteiger partial charge on any atom is 0.316 e. The van der Waals surface area contributed by atoms with Gasteiger partial charge < -0.3 is 9.52 Å². The minimum absolute atomic E-state index is 0. The fourth-order valence-corrected chi connectivity index (χ4v) is 10.2. The number of imidazole rings is 1. The van der Waals surface area contributed by atoms with Crippen molar-refractivity contribution in [2.24, 2.45) is 0 Å². The van der Waals surface area contributed by atoms with Gasteiger partial charge in [0, 0.05) is 55.0 Å². The second-order valence-electron chi connectivity index (χ2n) is 22.3. The number of pyridine rings is 1. The van der Waals surface area contributed by atoms with Gasteiger partial charge in [0.15, 0.2) is 5.82 Å². The van der Waals surface area contributed by atoms with E-state index in [1.54, 1.807) is 4.52 Å². The Morgan fingerprint density at radius 1 is 0.623 bits per heavy atom. The van der Waals surface area contributed by atoms with Crippen LogP contribution in [-0.2, 0) is 37.3 Å². The van der Waals surface area contributed by atoms with E-state index in [0.29, 0.717) is 34.2 Å². The molecule has 10 aromatic rings. The Bertz CT molecular complexity index is 3560. The van der Waals surface area contributed by atoms with Gasteiger partial charge in [0.25, 0.3) is 0 Å². The summed E-state index contributed by atoms with van der Waals surface area (Å²) in [4.78, 5) is 15.5. The summed E-state index contributed by atoms with van der Waals surface area (Å²) in [5, 5.41) is 19.0. The molecule has 0 spiro atoms. The van der Waals surface area contributed by atoms with Gasteiger partial charge in [-0.1, -0.05) is 207 Å². The van der Waals surface area contributed by atoms with Crippen LogP contribution in [0.2, 0.25) is 19.6 Å². The van der Waals surface area contributed by atoms with E-state index in [-0.39, 0.29) is 43.1 Å². The number of para-hydroxylation sites is 1. The van der Waals surface area contributed by atoms with Crippen LogP contribution in [0.25, 0.3) is 89.7 Å². The van der Waals surface area contributed by atoms with Crippen molar-refractivity contribution in [3.63, 3.8) is 0 Å². The Morgan fingerprint density at radius 2 is 1.32 bits per heavy atom. The van der Waals surface area contributed by atoms with Crippen LogP contribution in [0, 0.1) is 6.07 Å². The van der Waals surface area contributed by atoms with Crippen molar-refractivity contribution in [3.05, 3.63) is 157 Å². The largest absolute Gasteiger partial charge is 0.507 e. The number of fused-ring (bicyclic) bond motifs is 4. The quantitative estimate of drug-likeness (QED) is 0.126. The summed E-state index contributed by atoms with van der Waals surface area (Å²) in [5.74, 6) is 1.94. The number of aromatic nitrogens is 6. The summed E-state index contributed by atoms with van der Waals surface area (Å²) in [6.07, 6.45) is 1.85. The first-order valence-electron chi connectivity index (χ1n) is 23.5. The first kappa shape index (κ1) is 47.6. The number of aromatic hydroxyl groups is 1. The molecule has 0 atom stereocenters. The first-order valence-corrected chi connectivity index (χ1v) is 27.0. The molecule has 6 aromatic carbocycles. The van der Waals surface area contributed by atoms with E-state index < -0.39 is 8.07 Å². The van der Waals surface area contributed by atoms with E-state index in [0.717, 1.165) is 72.4 Å². The van der Waals surface area contributed by atoms with Crippen molar-refractivity contribution in [1.82, 2.24) is 29.1 Å². The van der Waals surface area contributed by atoms with E-state index in [9.17, 15) is 5.11 Å². The average Bonchev–Trinajstić information content (AvgIpc) is 4.00. The van der Waals surface area contributed by atoms with Crippen LogP contribution in [0.15, 0.2) is 138 Å². The summed E-state index contributed by atoms with van der Waals surface area (Å²) < 4.78 is 10.8. The van der Waals surface area contributed by atoms with Gasteiger partial charge in [-0.25, -0.2) is 4.98 Å². The van der Waals surface area contributed by atoms with Crippen molar-refractivity contribution < 1.29 is 30.6 Å². The number of phenols is 1. The van der Waals surface area contributed by atoms with Crippen LogP contribution < -0.4 is 5.19 Å². The molecule has 10 heteroatoms. The van der Waals surface area contributed by atoms with Gasteiger partial charge >= 0.3 is 5.84 Å². The summed E-state index contributed by atoms with van der Waals surface area (Å²) in [6.45, 7) is 26.6. The van der Waals surface area contributed by atoms with Crippen LogP contribution in [0.5, 0.6) is 5.75 Å². The van der Waals surface area contributed by atoms with Gasteiger partial charge in [-0.05, 0) is 57.3 Å². The molecule has 0 saturated carbocycles. The normalized spacial score (nSPS) is 12.6. The third kappa shape index (κ3) is 8.69. The predicted octanol–water partition coefficient (Wildman–Crippen LogP) is 14.5. The van der Waals surface area contributed by atoms with Gasteiger partial charge in [0.05, 0.1) is 35.9 Å². The molecule has 0 bridgehead atoms. The molecule has 0 fully saturated rings. The van der Waals surface area contributed by atoms with Gasteiger partial charge in [-0.15, -0.1) is 11.2 Å². The number of nitrogens with zero attached hydrogens (tertiary/aromatic N) is 6. The zero-order chi connectivity index (χ0) is 48.1. The fraction of sp³-hybridized carbons (Fsp3) is 0.254. The Kier molecular flexibility index (Phi) is 11.9. The Hall–Kier alpha value is -6.41. The van der Waals surface area contributed by atoms with Gasteiger partial charge in [-0.2, -0.15) is 9.50 Å². The molecule has 0 radical (unpaired) electrons. The monoisotopic (exact) mass is 1110 g/mol. The molecule has 4 heterocycles. The first-order chi connectivity index (χ1) is 32.1. The smallest absolute Gasteiger partial charge is 0.316 e. The van der Waals surface area contributed by atoms with Crippen LogP contribution in [-0.4, -0.2) is 42.3 Å². The second-order valence-corrected chi connectivity index (χ2v) is 27.3. The van der Waals surface area contributed by atoms with E-state index in [4.69, 9.17) is 24.5 Å². The van der Waals surface area contributed by atoms with Gasteiger partial charge in [0.2, 0.25) is 0 Å². The molecule has 4 aromatic heterocycles. The van der Waals surface area contributed by atoms with Gasteiger partial charge in [0.1, 0.15) is 11.6 Å². The van der Waals surface area contributed by atoms with E-state index in [1.807, 2.05) is 36.5 Å². The molecule has 0 unspecified atom stereocenters. The van der Waals surface area contributed by atoms with Crippen molar-refractivity contribution >= 4 is 41.2 Å². The topological polar surface area (TPSA) is 94.3 Å². The third-order valence-corrected chi connectivity index (χ3v) is 15.0. The maximum absolute atomic E-state index is 12.6. The number of oxazole rings is 1. The molecule has 0 aliphatic rings. The van der Waals surface area contributed by atoms with Crippen molar-refractivity contribution in [2.75, 3.05) is 0 Å². The fourth-order valence-electron chi connectivity index (χ4n) is 9.05. The van der Waals surface area contributed by atoms with Crippen molar-refractivity contribution in [2.45, 2.75) is 98.2 Å². The standard InChI is InChI=1S/C59H59N6O2Si.Pt/c1-57(2,3)40-33-45(52(66)46(34-40)58(4,5)6)54-61-51-42(24-19-25-49(51)64(54)48-27-26-41(68(10,11)12)35-43(48)37-22-17-14-18-23-37)44-30-39(47-31-38(28-29-60-47)36-20-15-13-16-21-36)32-50-53(44)67-56-62-55(59(7,8)9)63-65(50)56;/h13-29,31-35,66H,1-12H3;/q-1;. The predicted molar refractivity (Wildman–Crippen MR) is 282 cm³/mol. The van der Waals surface area contributed by atoms with Crippen LogP contribution in [0.1, 0.15) is 79.3 Å². The molecule has 1 N–H and O–H groups in total. The minimum atomic E-state index is -1.76.